The number of hydrogen-bond acceptors (Lipinski definition) is 5. The Morgan fingerprint density at radius 2 is 2.04 bits per heavy atom. The van der Waals surface area contributed by atoms with E-state index in [4.69, 9.17) is 9.47 Å². The minimum atomic E-state index is -0.260. The van der Waals surface area contributed by atoms with E-state index >= 15 is 0 Å². The van der Waals surface area contributed by atoms with E-state index in [1.165, 1.54) is 0 Å². The molecule has 2 aliphatic rings. The second kappa shape index (κ2) is 7.19. The van der Waals surface area contributed by atoms with Crippen LogP contribution in [0.4, 0.5) is 11.4 Å². The van der Waals surface area contributed by atoms with E-state index in [0.717, 1.165) is 11.4 Å². The molecule has 7 heteroatoms. The maximum Gasteiger partial charge on any atom is 0.258 e. The van der Waals surface area contributed by atoms with Crippen LogP contribution in [0, 0.1) is 0 Å². The predicted molar refractivity (Wildman–Crippen MR) is 101 cm³/mol. The minimum absolute atomic E-state index is 0.0296. The number of ether oxygens (including phenoxy) is 2. The molecule has 2 N–H and O–H groups in total. The molecule has 1 fully saturated rings. The highest BCUT2D eigenvalue weighted by Crippen LogP contribution is 2.36. The lowest BCUT2D eigenvalue weighted by Gasteiger charge is -2.32. The Morgan fingerprint density at radius 1 is 1.22 bits per heavy atom. The highest BCUT2D eigenvalue weighted by Gasteiger charge is 2.41. The Morgan fingerprint density at radius 3 is 2.89 bits per heavy atom. The second-order valence-electron chi connectivity index (χ2n) is 6.64. The normalized spacial score (nSPS) is 20.3. The molecule has 27 heavy (non-hydrogen) atoms. The Kier molecular flexibility index (Phi) is 4.58. The number of benzene rings is 2. The highest BCUT2D eigenvalue weighted by molar-refractivity contribution is 6.04. The molecule has 2 unspecified atom stereocenters. The summed E-state index contributed by atoms with van der Waals surface area (Å²) in [5.74, 6) is 1.00. The topological polar surface area (TPSA) is 79.9 Å². The number of para-hydroxylation sites is 2. The van der Waals surface area contributed by atoms with E-state index in [1.54, 1.807) is 25.3 Å². The number of nitrogens with zero attached hydrogens (tertiary/aromatic N) is 1. The zero-order valence-corrected chi connectivity index (χ0v) is 15.0. The summed E-state index contributed by atoms with van der Waals surface area (Å²) in [7, 11) is 1.58. The van der Waals surface area contributed by atoms with Crippen molar-refractivity contribution in [2.75, 3.05) is 30.5 Å². The molecule has 1 saturated heterocycles. The van der Waals surface area contributed by atoms with Crippen molar-refractivity contribution in [2.24, 2.45) is 0 Å². The Balaban J connectivity index is 1.35. The van der Waals surface area contributed by atoms with Gasteiger partial charge in [0.25, 0.3) is 5.91 Å². The van der Waals surface area contributed by atoms with Gasteiger partial charge in [-0.2, -0.15) is 0 Å². The quantitative estimate of drug-likeness (QED) is 0.842. The standard InChI is InChI=1S/C20H21N3O4/c1-26-14-5-4-6-15(10-14)27-12-19(24)21-13-9-18-20(25)22-16-7-2-3-8-17(16)23(18)11-13/h2-8,10,13,18H,9,11-12H2,1H3,(H,21,24)(H,22,25). The third kappa shape index (κ3) is 3.53. The summed E-state index contributed by atoms with van der Waals surface area (Å²) in [5.41, 5.74) is 1.80. The summed E-state index contributed by atoms with van der Waals surface area (Å²) in [6.07, 6.45) is 0.574. The number of nitrogens with one attached hydrogen (secondary N) is 2. The van der Waals surface area contributed by atoms with Gasteiger partial charge in [0.05, 0.1) is 18.5 Å². The van der Waals surface area contributed by atoms with E-state index in [0.29, 0.717) is 24.5 Å². The molecule has 2 heterocycles. The van der Waals surface area contributed by atoms with E-state index in [1.807, 2.05) is 30.3 Å². The number of carbonyl (C=O) groups is 2. The number of methoxy groups -OCH3 is 1. The first kappa shape index (κ1) is 17.2. The number of carbonyl (C=O) groups excluding carboxylic acids is 2. The van der Waals surface area contributed by atoms with Crippen LogP contribution in [-0.2, 0) is 9.59 Å². The van der Waals surface area contributed by atoms with Crippen LogP contribution in [0.3, 0.4) is 0 Å². The van der Waals surface area contributed by atoms with Gasteiger partial charge in [-0.25, -0.2) is 0 Å². The van der Waals surface area contributed by atoms with Crippen molar-refractivity contribution in [3.05, 3.63) is 48.5 Å². The Hall–Kier alpha value is -3.22. The Bertz CT molecular complexity index is 870. The summed E-state index contributed by atoms with van der Waals surface area (Å²) in [6, 6.07) is 14.5. The van der Waals surface area contributed by atoms with Crippen LogP contribution in [0.15, 0.2) is 48.5 Å². The van der Waals surface area contributed by atoms with Crippen LogP contribution in [0.1, 0.15) is 6.42 Å². The van der Waals surface area contributed by atoms with Crippen LogP contribution in [0.2, 0.25) is 0 Å². The molecule has 0 spiro atoms. The molecule has 2 aromatic rings. The second-order valence-corrected chi connectivity index (χ2v) is 6.64. The molecule has 7 nitrogen and oxygen atoms in total. The van der Waals surface area contributed by atoms with Crippen LogP contribution in [0.25, 0.3) is 0 Å². The van der Waals surface area contributed by atoms with Crippen molar-refractivity contribution >= 4 is 23.2 Å². The molecule has 0 aliphatic carbocycles. The summed E-state index contributed by atoms with van der Waals surface area (Å²) in [4.78, 5) is 26.7. The predicted octanol–water partition coefficient (Wildman–Crippen LogP) is 1.79. The lowest BCUT2D eigenvalue weighted by molar-refractivity contribution is -0.124. The average Bonchev–Trinajstić information content (AvgIpc) is 3.11. The fourth-order valence-electron chi connectivity index (χ4n) is 3.61. The fourth-order valence-corrected chi connectivity index (χ4v) is 3.61. The van der Waals surface area contributed by atoms with Gasteiger partial charge in [0.2, 0.25) is 5.91 Å². The van der Waals surface area contributed by atoms with Crippen molar-refractivity contribution in [1.29, 1.82) is 0 Å². The van der Waals surface area contributed by atoms with Crippen LogP contribution in [-0.4, -0.2) is 44.2 Å². The molecule has 0 bridgehead atoms. The maximum absolute atomic E-state index is 12.3. The van der Waals surface area contributed by atoms with E-state index in [-0.39, 0.29) is 30.5 Å². The third-order valence-corrected chi connectivity index (χ3v) is 4.85. The van der Waals surface area contributed by atoms with Gasteiger partial charge in [0.15, 0.2) is 6.61 Å². The van der Waals surface area contributed by atoms with Gasteiger partial charge in [-0.05, 0) is 30.7 Å². The summed E-state index contributed by atoms with van der Waals surface area (Å²) in [5, 5.41) is 5.90. The third-order valence-electron chi connectivity index (χ3n) is 4.85. The first-order chi connectivity index (χ1) is 13.1. The molecular weight excluding hydrogens is 346 g/mol. The van der Waals surface area contributed by atoms with E-state index in [9.17, 15) is 9.59 Å². The molecule has 4 rings (SSSR count). The van der Waals surface area contributed by atoms with Gasteiger partial charge in [-0.1, -0.05) is 18.2 Å². The Labute approximate surface area is 157 Å². The van der Waals surface area contributed by atoms with Gasteiger partial charge in [0.1, 0.15) is 17.5 Å². The van der Waals surface area contributed by atoms with Crippen LogP contribution >= 0.6 is 0 Å². The molecule has 2 aliphatic heterocycles. The maximum atomic E-state index is 12.3. The van der Waals surface area contributed by atoms with Gasteiger partial charge < -0.3 is 25.0 Å². The summed E-state index contributed by atoms with van der Waals surface area (Å²) >= 11 is 0. The summed E-state index contributed by atoms with van der Waals surface area (Å²) < 4.78 is 10.7. The minimum Gasteiger partial charge on any atom is -0.497 e. The van der Waals surface area contributed by atoms with Crippen molar-refractivity contribution in [2.45, 2.75) is 18.5 Å². The average molecular weight is 367 g/mol. The van der Waals surface area contributed by atoms with E-state index < -0.39 is 0 Å². The van der Waals surface area contributed by atoms with Gasteiger partial charge in [0, 0.05) is 18.7 Å². The van der Waals surface area contributed by atoms with Crippen molar-refractivity contribution < 1.29 is 19.1 Å². The monoisotopic (exact) mass is 367 g/mol. The largest absolute Gasteiger partial charge is 0.497 e. The first-order valence-corrected chi connectivity index (χ1v) is 8.87. The molecule has 2 aromatic carbocycles. The lowest BCUT2D eigenvalue weighted by Crippen LogP contribution is -2.44. The number of amides is 2. The van der Waals surface area contributed by atoms with Crippen LogP contribution in [0.5, 0.6) is 11.5 Å². The van der Waals surface area contributed by atoms with Gasteiger partial charge in [-0.15, -0.1) is 0 Å². The molecule has 0 radical (unpaired) electrons. The van der Waals surface area contributed by atoms with Crippen molar-refractivity contribution in [3.8, 4) is 11.5 Å². The van der Waals surface area contributed by atoms with Crippen molar-refractivity contribution in [3.63, 3.8) is 0 Å². The number of anilines is 2. The fraction of sp³-hybridized carbons (Fsp3) is 0.300. The molecule has 2 atom stereocenters. The number of hydrogen-bond donors (Lipinski definition) is 2. The number of fused-ring (bicyclic) bond motifs is 3. The van der Waals surface area contributed by atoms with Crippen molar-refractivity contribution in [1.82, 2.24) is 5.32 Å². The van der Waals surface area contributed by atoms with Gasteiger partial charge in [-0.3, -0.25) is 9.59 Å². The molecule has 140 valence electrons. The van der Waals surface area contributed by atoms with Gasteiger partial charge >= 0.3 is 0 Å². The SMILES string of the molecule is COc1cccc(OCC(=O)NC2CC3C(=O)Nc4ccccc4N3C2)c1. The molecular formula is C20H21N3O4. The summed E-state index contributed by atoms with van der Waals surface area (Å²) in [6.45, 7) is 0.511. The zero-order valence-electron chi connectivity index (χ0n) is 15.0. The first-order valence-electron chi connectivity index (χ1n) is 8.87. The smallest absolute Gasteiger partial charge is 0.258 e. The highest BCUT2D eigenvalue weighted by atomic mass is 16.5. The molecule has 0 saturated carbocycles. The van der Waals surface area contributed by atoms with E-state index in [2.05, 4.69) is 15.5 Å². The number of rotatable bonds is 5. The molecule has 2 amide bonds. The lowest BCUT2D eigenvalue weighted by atomic mass is 10.1. The zero-order chi connectivity index (χ0) is 18.8. The van der Waals surface area contributed by atoms with Crippen LogP contribution < -0.4 is 25.0 Å². The molecule has 0 aromatic heterocycles.